The zero-order valence-electron chi connectivity index (χ0n) is 15.5. The quantitative estimate of drug-likeness (QED) is 0.809. The summed E-state index contributed by atoms with van der Waals surface area (Å²) in [7, 11) is 0. The number of carbonyl (C=O) groups excluding carboxylic acids is 1. The molecule has 7 heteroatoms. The van der Waals surface area contributed by atoms with Crippen LogP contribution in [0.3, 0.4) is 0 Å². The monoisotopic (exact) mass is 373 g/mol. The number of piperazine rings is 1. The number of rotatable bonds is 7. The normalized spacial score (nSPS) is 15.1. The average molecular weight is 374 g/mol. The molecule has 0 saturated carbocycles. The number of thiazole rings is 1. The summed E-state index contributed by atoms with van der Waals surface area (Å²) >= 11 is 1.67. The molecule has 0 bridgehead atoms. The van der Waals surface area contributed by atoms with Gasteiger partial charge in [0, 0.05) is 62.2 Å². The van der Waals surface area contributed by atoms with Crippen molar-refractivity contribution in [2.45, 2.75) is 13.8 Å². The molecule has 2 aromatic rings. The van der Waals surface area contributed by atoms with Gasteiger partial charge in [-0.15, -0.1) is 11.3 Å². The zero-order valence-corrected chi connectivity index (χ0v) is 16.3. The number of aromatic nitrogens is 1. The molecular formula is C19H27N5OS. The van der Waals surface area contributed by atoms with Crippen LogP contribution in [0.4, 0.5) is 16.5 Å². The van der Waals surface area contributed by atoms with E-state index in [0.717, 1.165) is 50.1 Å². The van der Waals surface area contributed by atoms with E-state index in [1.807, 2.05) is 23.7 Å². The maximum absolute atomic E-state index is 12.3. The van der Waals surface area contributed by atoms with Gasteiger partial charge in [0.1, 0.15) is 0 Å². The minimum Gasteiger partial charge on any atom is -0.372 e. The lowest BCUT2D eigenvalue weighted by Crippen LogP contribution is -2.48. The zero-order chi connectivity index (χ0) is 18.4. The molecule has 1 aliphatic rings. The number of nitrogens with zero attached hydrogens (tertiary/aromatic N) is 4. The molecule has 0 atom stereocenters. The summed E-state index contributed by atoms with van der Waals surface area (Å²) in [6, 6.07) is 8.09. The Morgan fingerprint density at radius 3 is 2.42 bits per heavy atom. The van der Waals surface area contributed by atoms with Gasteiger partial charge in [0.05, 0.1) is 6.54 Å². The van der Waals surface area contributed by atoms with Crippen LogP contribution in [0.25, 0.3) is 0 Å². The molecule has 2 heterocycles. The molecule has 1 aromatic heterocycles. The first-order valence-electron chi connectivity index (χ1n) is 9.21. The lowest BCUT2D eigenvalue weighted by atomic mass is 10.2. The van der Waals surface area contributed by atoms with Crippen molar-refractivity contribution in [3.05, 3.63) is 35.8 Å². The maximum atomic E-state index is 12.3. The topological polar surface area (TPSA) is 51.7 Å². The Morgan fingerprint density at radius 1 is 1.15 bits per heavy atom. The molecule has 0 aliphatic carbocycles. The predicted molar refractivity (Wildman–Crippen MR) is 109 cm³/mol. The number of anilines is 3. The Bertz CT molecular complexity index is 676. The van der Waals surface area contributed by atoms with Crippen molar-refractivity contribution in [2.75, 3.05) is 60.9 Å². The van der Waals surface area contributed by atoms with Crippen molar-refractivity contribution in [1.82, 2.24) is 9.88 Å². The van der Waals surface area contributed by atoms with Gasteiger partial charge < -0.3 is 15.1 Å². The van der Waals surface area contributed by atoms with Gasteiger partial charge in [0.25, 0.3) is 0 Å². The first kappa shape index (κ1) is 18.7. The molecule has 26 heavy (non-hydrogen) atoms. The van der Waals surface area contributed by atoms with E-state index in [1.165, 1.54) is 5.69 Å². The summed E-state index contributed by atoms with van der Waals surface area (Å²) in [5.41, 5.74) is 2.04. The number of carbonyl (C=O) groups is 1. The van der Waals surface area contributed by atoms with Crippen LogP contribution in [-0.4, -0.2) is 61.6 Å². The molecule has 1 fully saturated rings. The molecule has 140 valence electrons. The highest BCUT2D eigenvalue weighted by Crippen LogP contribution is 2.19. The van der Waals surface area contributed by atoms with Crippen LogP contribution in [0.2, 0.25) is 0 Å². The highest BCUT2D eigenvalue weighted by Gasteiger charge is 2.20. The molecule has 3 rings (SSSR count). The number of amides is 1. The van der Waals surface area contributed by atoms with Crippen molar-refractivity contribution >= 4 is 33.8 Å². The third-order valence-electron chi connectivity index (χ3n) is 4.71. The van der Waals surface area contributed by atoms with E-state index in [4.69, 9.17) is 0 Å². The van der Waals surface area contributed by atoms with Crippen molar-refractivity contribution in [2.24, 2.45) is 0 Å². The summed E-state index contributed by atoms with van der Waals surface area (Å²) in [5, 5.41) is 6.08. The van der Waals surface area contributed by atoms with Crippen molar-refractivity contribution in [3.63, 3.8) is 0 Å². The van der Waals surface area contributed by atoms with E-state index < -0.39 is 0 Å². The van der Waals surface area contributed by atoms with E-state index in [2.05, 4.69) is 51.0 Å². The Balaban J connectivity index is 1.46. The smallest absolute Gasteiger partial charge is 0.238 e. The maximum Gasteiger partial charge on any atom is 0.238 e. The molecule has 1 amide bonds. The summed E-state index contributed by atoms with van der Waals surface area (Å²) in [5.74, 6) is 0.0447. The van der Waals surface area contributed by atoms with Crippen LogP contribution in [0.15, 0.2) is 35.8 Å². The summed E-state index contributed by atoms with van der Waals surface area (Å²) in [4.78, 5) is 23.5. The van der Waals surface area contributed by atoms with Crippen LogP contribution < -0.4 is 15.1 Å². The highest BCUT2D eigenvalue weighted by atomic mass is 32.1. The second-order valence-electron chi connectivity index (χ2n) is 6.35. The van der Waals surface area contributed by atoms with Crippen LogP contribution in [0.5, 0.6) is 0 Å². The summed E-state index contributed by atoms with van der Waals surface area (Å²) < 4.78 is 0. The second-order valence-corrected chi connectivity index (χ2v) is 7.22. The number of benzene rings is 1. The van der Waals surface area contributed by atoms with E-state index in [0.29, 0.717) is 6.54 Å². The molecule has 6 nitrogen and oxygen atoms in total. The van der Waals surface area contributed by atoms with Crippen LogP contribution >= 0.6 is 11.3 Å². The third-order valence-corrected chi connectivity index (χ3v) is 5.54. The van der Waals surface area contributed by atoms with Crippen molar-refractivity contribution in [3.8, 4) is 0 Å². The van der Waals surface area contributed by atoms with Gasteiger partial charge in [-0.3, -0.25) is 9.69 Å². The number of hydrogen-bond acceptors (Lipinski definition) is 6. The largest absolute Gasteiger partial charge is 0.372 e. The van der Waals surface area contributed by atoms with Gasteiger partial charge in [-0.25, -0.2) is 4.98 Å². The fourth-order valence-corrected chi connectivity index (χ4v) is 3.91. The van der Waals surface area contributed by atoms with Gasteiger partial charge in [-0.05, 0) is 38.1 Å². The van der Waals surface area contributed by atoms with Gasteiger partial charge in [-0.1, -0.05) is 0 Å². The number of nitrogens with one attached hydrogen (secondary N) is 1. The molecule has 1 aliphatic heterocycles. The summed E-state index contributed by atoms with van der Waals surface area (Å²) in [6.45, 7) is 10.3. The first-order chi connectivity index (χ1) is 12.7. The Hall–Kier alpha value is -2.12. The van der Waals surface area contributed by atoms with Gasteiger partial charge >= 0.3 is 0 Å². The third kappa shape index (κ3) is 4.74. The summed E-state index contributed by atoms with van der Waals surface area (Å²) in [6.07, 6.45) is 1.84. The first-order valence-corrected chi connectivity index (χ1v) is 10.1. The molecule has 0 unspecified atom stereocenters. The highest BCUT2D eigenvalue weighted by molar-refractivity contribution is 7.13. The lowest BCUT2D eigenvalue weighted by Gasteiger charge is -2.34. The predicted octanol–water partition coefficient (Wildman–Crippen LogP) is 2.75. The van der Waals surface area contributed by atoms with E-state index in [9.17, 15) is 4.79 Å². The van der Waals surface area contributed by atoms with Gasteiger partial charge in [0.2, 0.25) is 5.91 Å². The van der Waals surface area contributed by atoms with Gasteiger partial charge in [-0.2, -0.15) is 0 Å². The second kappa shape index (κ2) is 9.00. The average Bonchev–Trinajstić information content (AvgIpc) is 3.19. The van der Waals surface area contributed by atoms with E-state index >= 15 is 0 Å². The Labute approximate surface area is 159 Å². The molecule has 1 saturated heterocycles. The molecule has 0 radical (unpaired) electrons. The van der Waals surface area contributed by atoms with E-state index in [1.54, 1.807) is 11.3 Å². The minimum absolute atomic E-state index is 0.0447. The van der Waals surface area contributed by atoms with Crippen LogP contribution in [-0.2, 0) is 4.79 Å². The SMILES string of the molecule is CCN(CC)c1ccc(NC(=O)CN2CCN(c3nccs3)CC2)cc1. The van der Waals surface area contributed by atoms with Crippen molar-refractivity contribution < 1.29 is 4.79 Å². The fraction of sp³-hybridized carbons (Fsp3) is 0.474. The molecule has 1 N–H and O–H groups in total. The van der Waals surface area contributed by atoms with Crippen LogP contribution in [0, 0.1) is 0 Å². The van der Waals surface area contributed by atoms with Crippen LogP contribution in [0.1, 0.15) is 13.8 Å². The van der Waals surface area contributed by atoms with Gasteiger partial charge in [0.15, 0.2) is 5.13 Å². The Morgan fingerprint density at radius 2 is 1.85 bits per heavy atom. The minimum atomic E-state index is 0.0447. The standard InChI is InChI=1S/C19H27N5OS/c1-3-23(4-2)17-7-5-16(6-8-17)21-18(25)15-22-10-12-24(13-11-22)19-20-9-14-26-19/h5-9,14H,3-4,10-13,15H2,1-2H3,(H,21,25). The fourth-order valence-electron chi connectivity index (χ4n) is 3.22. The molecular weight excluding hydrogens is 346 g/mol. The Kier molecular flexibility index (Phi) is 6.46. The molecule has 0 spiro atoms. The lowest BCUT2D eigenvalue weighted by molar-refractivity contribution is -0.117. The molecule has 1 aromatic carbocycles. The van der Waals surface area contributed by atoms with Crippen molar-refractivity contribution in [1.29, 1.82) is 0 Å². The number of hydrogen-bond donors (Lipinski definition) is 1. The van der Waals surface area contributed by atoms with E-state index in [-0.39, 0.29) is 5.91 Å².